The van der Waals surface area contributed by atoms with Crippen LogP contribution in [0.15, 0.2) is 36.4 Å². The molecule has 1 aromatic heterocycles. The molecule has 0 saturated carbocycles. The number of amides is 1. The smallest absolute Gasteiger partial charge is 0.433 e. The Labute approximate surface area is 196 Å². The highest BCUT2D eigenvalue weighted by Gasteiger charge is 2.51. The van der Waals surface area contributed by atoms with Gasteiger partial charge < -0.3 is 19.4 Å². The number of rotatable bonds is 4. The number of hydrogen-bond donors (Lipinski definition) is 1. The fraction of sp³-hybridized carbons (Fsp3) is 0.417. The number of benzene rings is 2. The molecule has 1 amide bonds. The Morgan fingerprint density at radius 3 is 2.53 bits per heavy atom. The molecule has 1 atom stereocenters. The molecule has 2 aromatic carbocycles. The van der Waals surface area contributed by atoms with Crippen LogP contribution in [0, 0.1) is 0 Å². The maximum atomic E-state index is 13.3. The van der Waals surface area contributed by atoms with Gasteiger partial charge >= 0.3 is 13.7 Å². The number of alkyl halides is 2. The Hall–Kier alpha value is -2.98. The van der Waals surface area contributed by atoms with Crippen molar-refractivity contribution in [1.29, 1.82) is 0 Å². The Balaban J connectivity index is 1.74. The first-order valence-electron chi connectivity index (χ1n) is 11.3. The number of ether oxygens (including phenoxy) is 1. The van der Waals surface area contributed by atoms with Crippen molar-refractivity contribution in [3.05, 3.63) is 47.8 Å². The van der Waals surface area contributed by atoms with Crippen LogP contribution in [0.3, 0.4) is 0 Å². The number of imidazole rings is 1. The summed E-state index contributed by atoms with van der Waals surface area (Å²) in [5.41, 5.74) is 1.49. The molecule has 7 nitrogen and oxygen atoms in total. The molecule has 0 aliphatic carbocycles. The number of halogens is 2. The Morgan fingerprint density at radius 1 is 1.18 bits per heavy atom. The number of fused-ring (bicyclic) bond motifs is 5. The second-order valence-corrected chi connectivity index (χ2v) is 9.61. The lowest BCUT2D eigenvalue weighted by atomic mass is 9.79. The summed E-state index contributed by atoms with van der Waals surface area (Å²) < 4.78 is 45.6. The summed E-state index contributed by atoms with van der Waals surface area (Å²) in [6.45, 7) is 6.79. The summed E-state index contributed by atoms with van der Waals surface area (Å²) in [4.78, 5) is 17.8. The normalized spacial score (nSPS) is 20.8. The van der Waals surface area contributed by atoms with Gasteiger partial charge in [-0.1, -0.05) is 19.1 Å². The number of para-hydroxylation sites is 1. The fourth-order valence-electron chi connectivity index (χ4n) is 4.42. The summed E-state index contributed by atoms with van der Waals surface area (Å²) in [6.07, 6.45) is 0.568. The molecule has 1 unspecified atom stereocenters. The molecule has 2 aliphatic rings. The van der Waals surface area contributed by atoms with E-state index < -0.39 is 31.0 Å². The molecular formula is C24H26BF2N3O4. The second-order valence-electron chi connectivity index (χ2n) is 9.61. The van der Waals surface area contributed by atoms with E-state index in [0.29, 0.717) is 23.3 Å². The number of carbonyl (C=O) groups excluding carboxylic acids is 1. The molecule has 1 N–H and O–H groups in total. The Bertz CT molecular complexity index is 1270. The van der Waals surface area contributed by atoms with E-state index in [0.717, 1.165) is 5.46 Å². The summed E-state index contributed by atoms with van der Waals surface area (Å²) in [5, 5.41) is 2.96. The van der Waals surface area contributed by atoms with Gasteiger partial charge in [0.25, 0.3) is 5.91 Å². The highest BCUT2D eigenvalue weighted by Crippen LogP contribution is 2.39. The third-order valence-electron chi connectivity index (χ3n) is 6.94. The fourth-order valence-corrected chi connectivity index (χ4v) is 4.42. The molecule has 0 spiro atoms. The van der Waals surface area contributed by atoms with E-state index in [-0.39, 0.29) is 22.9 Å². The van der Waals surface area contributed by atoms with Crippen molar-refractivity contribution >= 4 is 29.5 Å². The zero-order valence-corrected chi connectivity index (χ0v) is 19.7. The summed E-state index contributed by atoms with van der Waals surface area (Å²) >= 11 is 0. The lowest BCUT2D eigenvalue weighted by molar-refractivity contribution is -0.0498. The maximum absolute atomic E-state index is 13.3. The minimum atomic E-state index is -3.04. The van der Waals surface area contributed by atoms with Crippen molar-refractivity contribution in [2.24, 2.45) is 0 Å². The van der Waals surface area contributed by atoms with Gasteiger partial charge in [-0.2, -0.15) is 8.78 Å². The first-order chi connectivity index (χ1) is 16.0. The predicted octanol–water partition coefficient (Wildman–Crippen LogP) is 4.12. The Morgan fingerprint density at radius 2 is 1.88 bits per heavy atom. The van der Waals surface area contributed by atoms with E-state index in [1.54, 1.807) is 10.6 Å². The van der Waals surface area contributed by atoms with Crippen LogP contribution in [-0.4, -0.2) is 40.4 Å². The molecule has 2 aliphatic heterocycles. The SMILES string of the molecule is CCC1NC(=O)c2cccc(OC(F)F)c2-n2c1nc1ccc(B3OC(C)(C)C(C)(C)O3)cc12. The van der Waals surface area contributed by atoms with Crippen molar-refractivity contribution in [1.82, 2.24) is 14.9 Å². The number of carbonyl (C=O) groups is 1. The van der Waals surface area contributed by atoms with Crippen LogP contribution in [0.1, 0.15) is 63.3 Å². The number of hydrogen-bond acceptors (Lipinski definition) is 5. The number of aromatic nitrogens is 2. The number of nitrogens with zero attached hydrogens (tertiary/aromatic N) is 2. The maximum Gasteiger partial charge on any atom is 0.494 e. The van der Waals surface area contributed by atoms with E-state index in [2.05, 4.69) is 5.32 Å². The van der Waals surface area contributed by atoms with Crippen molar-refractivity contribution in [3.8, 4) is 11.4 Å². The lowest BCUT2D eigenvalue weighted by Gasteiger charge is -2.32. The molecule has 10 heteroatoms. The first-order valence-corrected chi connectivity index (χ1v) is 11.3. The monoisotopic (exact) mass is 469 g/mol. The Kier molecular flexibility index (Phi) is 5.22. The summed E-state index contributed by atoms with van der Waals surface area (Å²) in [5.74, 6) is 0.0734. The van der Waals surface area contributed by atoms with Crippen LogP contribution < -0.4 is 15.5 Å². The molecule has 178 valence electrons. The van der Waals surface area contributed by atoms with Crippen molar-refractivity contribution in [2.75, 3.05) is 0 Å². The topological polar surface area (TPSA) is 74.6 Å². The third-order valence-corrected chi connectivity index (χ3v) is 6.94. The van der Waals surface area contributed by atoms with Crippen molar-refractivity contribution in [3.63, 3.8) is 0 Å². The first kappa shape index (κ1) is 22.8. The molecular weight excluding hydrogens is 443 g/mol. The zero-order chi connectivity index (χ0) is 24.4. The highest BCUT2D eigenvalue weighted by atomic mass is 19.3. The van der Waals surface area contributed by atoms with Gasteiger partial charge in [-0.15, -0.1) is 0 Å². The molecule has 34 heavy (non-hydrogen) atoms. The van der Waals surface area contributed by atoms with Gasteiger partial charge in [0.15, 0.2) is 5.75 Å². The lowest BCUT2D eigenvalue weighted by Crippen LogP contribution is -2.41. The highest BCUT2D eigenvalue weighted by molar-refractivity contribution is 6.62. The number of nitrogens with one attached hydrogen (secondary N) is 1. The van der Waals surface area contributed by atoms with E-state index in [1.807, 2.05) is 52.8 Å². The van der Waals surface area contributed by atoms with Crippen LogP contribution in [0.25, 0.3) is 16.7 Å². The molecule has 1 fully saturated rings. The van der Waals surface area contributed by atoms with Crippen LogP contribution in [0.5, 0.6) is 5.75 Å². The van der Waals surface area contributed by atoms with Crippen LogP contribution >= 0.6 is 0 Å². The van der Waals surface area contributed by atoms with Crippen LogP contribution in [0.2, 0.25) is 0 Å². The van der Waals surface area contributed by atoms with E-state index in [4.69, 9.17) is 19.0 Å². The largest absolute Gasteiger partial charge is 0.494 e. The molecule has 1 saturated heterocycles. The average molecular weight is 469 g/mol. The van der Waals surface area contributed by atoms with Gasteiger partial charge in [-0.3, -0.25) is 9.36 Å². The molecule has 0 radical (unpaired) electrons. The second kappa shape index (κ2) is 7.78. The molecule has 5 rings (SSSR count). The van der Waals surface area contributed by atoms with E-state index in [9.17, 15) is 13.6 Å². The van der Waals surface area contributed by atoms with E-state index >= 15 is 0 Å². The van der Waals surface area contributed by atoms with Gasteiger partial charge in [0.1, 0.15) is 11.5 Å². The molecule has 0 bridgehead atoms. The van der Waals surface area contributed by atoms with Crippen molar-refractivity contribution < 1.29 is 27.6 Å². The van der Waals surface area contributed by atoms with Crippen LogP contribution in [-0.2, 0) is 9.31 Å². The van der Waals surface area contributed by atoms with Gasteiger partial charge in [0.05, 0.1) is 33.8 Å². The van der Waals surface area contributed by atoms with Gasteiger partial charge in [-0.25, -0.2) is 4.98 Å². The average Bonchev–Trinajstić information content (AvgIpc) is 3.19. The quantitative estimate of drug-likeness (QED) is 0.582. The minimum Gasteiger partial charge on any atom is -0.433 e. The minimum absolute atomic E-state index is 0.0963. The molecule has 3 heterocycles. The third kappa shape index (κ3) is 3.47. The summed E-state index contributed by atoms with van der Waals surface area (Å²) in [6, 6.07) is 9.75. The van der Waals surface area contributed by atoms with E-state index in [1.165, 1.54) is 12.1 Å². The standard InChI is InChI=1S/C24H26BF2N3O4/c1-6-15-20-28-16-11-10-13(25-33-23(2,3)24(4,5)34-25)12-17(16)30(20)19-14(21(31)29-15)8-7-9-18(19)32-22(26)27/h7-12,15,22H,6H2,1-5H3,(H,29,31). The summed E-state index contributed by atoms with van der Waals surface area (Å²) in [7, 11) is -0.611. The predicted molar refractivity (Wildman–Crippen MR) is 124 cm³/mol. The molecule has 3 aromatic rings. The van der Waals surface area contributed by atoms with Crippen molar-refractivity contribution in [2.45, 2.75) is 64.9 Å². The van der Waals surface area contributed by atoms with Gasteiger partial charge in [-0.05, 0) is 63.8 Å². The van der Waals surface area contributed by atoms with Gasteiger partial charge in [0.2, 0.25) is 0 Å². The van der Waals surface area contributed by atoms with Gasteiger partial charge in [0, 0.05) is 0 Å². The van der Waals surface area contributed by atoms with Crippen LogP contribution in [0.4, 0.5) is 8.78 Å². The zero-order valence-electron chi connectivity index (χ0n) is 19.7.